The first-order valence-electron chi connectivity index (χ1n) is 9.84. The summed E-state index contributed by atoms with van der Waals surface area (Å²) in [6.07, 6.45) is 6.34. The lowest BCUT2D eigenvalue weighted by Gasteiger charge is -2.24. The Morgan fingerprint density at radius 3 is 2.70 bits per heavy atom. The molecule has 2 aromatic rings. The van der Waals surface area contributed by atoms with E-state index in [9.17, 15) is 14.4 Å². The van der Waals surface area contributed by atoms with E-state index < -0.39 is 6.04 Å². The average molecular weight is 422 g/mol. The minimum Gasteiger partial charge on any atom is -0.350 e. The lowest BCUT2D eigenvalue weighted by Crippen LogP contribution is -2.51. The third-order valence-electron chi connectivity index (χ3n) is 5.35. The summed E-state index contributed by atoms with van der Waals surface area (Å²) in [5, 5.41) is 5.79. The SMILES string of the molecule is CSCC(=O)N[C@H]1CCN2C(=O)c3cc(/C=C/c4ccccc4)ccc3NC(=O)[C@H]12. The number of rotatable bonds is 5. The zero-order valence-corrected chi connectivity index (χ0v) is 17.4. The number of nitrogens with one attached hydrogen (secondary N) is 2. The number of carbonyl (C=O) groups excluding carboxylic acids is 3. The Balaban J connectivity index is 1.58. The van der Waals surface area contributed by atoms with E-state index in [0.29, 0.717) is 30.0 Å². The van der Waals surface area contributed by atoms with E-state index in [1.165, 1.54) is 11.8 Å². The van der Waals surface area contributed by atoms with Gasteiger partial charge in [-0.05, 0) is 35.9 Å². The number of carbonyl (C=O) groups is 3. The Kier molecular flexibility index (Phi) is 5.90. The summed E-state index contributed by atoms with van der Waals surface area (Å²) in [6, 6.07) is 14.3. The molecule has 2 aliphatic rings. The number of nitrogens with zero attached hydrogens (tertiary/aromatic N) is 1. The maximum atomic E-state index is 13.2. The molecule has 1 saturated heterocycles. The average Bonchev–Trinajstić information content (AvgIpc) is 3.12. The van der Waals surface area contributed by atoms with Crippen LogP contribution in [0.2, 0.25) is 0 Å². The summed E-state index contributed by atoms with van der Waals surface area (Å²) >= 11 is 1.42. The summed E-state index contributed by atoms with van der Waals surface area (Å²) in [7, 11) is 0. The second kappa shape index (κ2) is 8.75. The van der Waals surface area contributed by atoms with E-state index in [0.717, 1.165) is 11.1 Å². The van der Waals surface area contributed by atoms with Gasteiger partial charge in [-0.25, -0.2) is 0 Å². The van der Waals surface area contributed by atoms with Gasteiger partial charge >= 0.3 is 0 Å². The van der Waals surface area contributed by atoms with E-state index in [1.54, 1.807) is 17.0 Å². The number of hydrogen-bond acceptors (Lipinski definition) is 4. The topological polar surface area (TPSA) is 78.5 Å². The van der Waals surface area contributed by atoms with Gasteiger partial charge in [-0.1, -0.05) is 48.6 Å². The molecular weight excluding hydrogens is 398 g/mol. The van der Waals surface area contributed by atoms with Crippen LogP contribution in [0.4, 0.5) is 5.69 Å². The zero-order chi connectivity index (χ0) is 21.1. The first-order chi connectivity index (χ1) is 14.6. The third kappa shape index (κ3) is 4.11. The molecule has 154 valence electrons. The van der Waals surface area contributed by atoms with Crippen LogP contribution in [-0.4, -0.2) is 53.3 Å². The number of amides is 3. The summed E-state index contributed by atoms with van der Waals surface area (Å²) in [4.78, 5) is 39.7. The third-order valence-corrected chi connectivity index (χ3v) is 5.90. The van der Waals surface area contributed by atoms with Gasteiger partial charge in [0, 0.05) is 6.54 Å². The largest absolute Gasteiger partial charge is 0.350 e. The van der Waals surface area contributed by atoms with Crippen LogP contribution < -0.4 is 10.6 Å². The second-order valence-corrected chi connectivity index (χ2v) is 8.24. The fraction of sp³-hybridized carbons (Fsp3) is 0.261. The van der Waals surface area contributed by atoms with E-state index in [4.69, 9.17) is 0 Å². The van der Waals surface area contributed by atoms with Crippen molar-refractivity contribution in [1.29, 1.82) is 0 Å². The highest BCUT2D eigenvalue weighted by atomic mass is 32.2. The van der Waals surface area contributed by atoms with Gasteiger partial charge in [0.1, 0.15) is 6.04 Å². The second-order valence-electron chi connectivity index (χ2n) is 7.38. The van der Waals surface area contributed by atoms with Crippen molar-refractivity contribution in [2.45, 2.75) is 18.5 Å². The molecule has 0 aliphatic carbocycles. The summed E-state index contributed by atoms with van der Waals surface area (Å²) in [6.45, 7) is 0.435. The van der Waals surface area contributed by atoms with Gasteiger partial charge in [-0.2, -0.15) is 11.8 Å². The molecule has 0 unspecified atom stereocenters. The molecule has 6 nitrogen and oxygen atoms in total. The van der Waals surface area contributed by atoms with Crippen molar-refractivity contribution in [2.24, 2.45) is 0 Å². The van der Waals surface area contributed by atoms with E-state index in [-0.39, 0.29) is 23.8 Å². The van der Waals surface area contributed by atoms with Gasteiger partial charge in [0.05, 0.1) is 23.0 Å². The molecule has 2 atom stereocenters. The number of benzene rings is 2. The molecule has 0 spiro atoms. The van der Waals surface area contributed by atoms with Crippen LogP contribution in [-0.2, 0) is 9.59 Å². The van der Waals surface area contributed by atoms with Crippen molar-refractivity contribution in [3.8, 4) is 0 Å². The van der Waals surface area contributed by atoms with Crippen LogP contribution in [0.3, 0.4) is 0 Å². The normalized spacial score (nSPS) is 20.5. The Morgan fingerprint density at radius 2 is 1.93 bits per heavy atom. The molecule has 2 aliphatic heterocycles. The van der Waals surface area contributed by atoms with Crippen molar-refractivity contribution in [3.63, 3.8) is 0 Å². The van der Waals surface area contributed by atoms with E-state index in [2.05, 4.69) is 10.6 Å². The molecule has 30 heavy (non-hydrogen) atoms. The highest BCUT2D eigenvalue weighted by molar-refractivity contribution is 7.99. The maximum absolute atomic E-state index is 13.2. The molecule has 0 saturated carbocycles. The standard InChI is InChI=1S/C23H23N3O3S/c1-30-14-20(27)24-19-11-12-26-21(19)22(28)25-18-10-9-16(13-17(18)23(26)29)8-7-15-5-3-2-4-6-15/h2-10,13,19,21H,11-12,14H2,1H3,(H,24,27)(H,25,28)/b8-7+/t19-,21-/m0/s1. The minimum absolute atomic E-state index is 0.121. The van der Waals surface area contributed by atoms with Gasteiger partial charge in [-0.3, -0.25) is 14.4 Å². The highest BCUT2D eigenvalue weighted by Crippen LogP contribution is 2.30. The molecule has 1 fully saturated rings. The van der Waals surface area contributed by atoms with Gasteiger partial charge in [-0.15, -0.1) is 0 Å². The first kappa shape index (κ1) is 20.2. The van der Waals surface area contributed by atoms with Gasteiger partial charge in [0.25, 0.3) is 5.91 Å². The van der Waals surface area contributed by atoms with Crippen molar-refractivity contribution in [2.75, 3.05) is 23.9 Å². The fourth-order valence-electron chi connectivity index (χ4n) is 3.94. The Morgan fingerprint density at radius 1 is 1.17 bits per heavy atom. The Hall–Kier alpha value is -3.06. The van der Waals surface area contributed by atoms with Crippen LogP contribution >= 0.6 is 11.8 Å². The predicted molar refractivity (Wildman–Crippen MR) is 120 cm³/mol. The van der Waals surface area contributed by atoms with Gasteiger partial charge < -0.3 is 15.5 Å². The summed E-state index contributed by atoms with van der Waals surface area (Å²) < 4.78 is 0. The fourth-order valence-corrected chi connectivity index (χ4v) is 4.29. The van der Waals surface area contributed by atoms with Crippen LogP contribution in [0, 0.1) is 0 Å². The molecule has 4 rings (SSSR count). The maximum Gasteiger partial charge on any atom is 0.256 e. The van der Waals surface area contributed by atoms with E-state index >= 15 is 0 Å². The minimum atomic E-state index is -0.695. The monoisotopic (exact) mass is 421 g/mol. The number of thioether (sulfide) groups is 1. The summed E-state index contributed by atoms with van der Waals surface area (Å²) in [5.41, 5.74) is 2.92. The van der Waals surface area contributed by atoms with Crippen LogP contribution in [0.25, 0.3) is 12.2 Å². The van der Waals surface area contributed by atoms with Crippen molar-refractivity contribution in [1.82, 2.24) is 10.2 Å². The Bertz CT molecular complexity index is 1010. The number of anilines is 1. The van der Waals surface area contributed by atoms with Gasteiger partial charge in [0.2, 0.25) is 11.8 Å². The smallest absolute Gasteiger partial charge is 0.256 e. The van der Waals surface area contributed by atoms with Gasteiger partial charge in [0.15, 0.2) is 0 Å². The van der Waals surface area contributed by atoms with Crippen LogP contribution in [0.1, 0.15) is 27.9 Å². The lowest BCUT2D eigenvalue weighted by molar-refractivity contribution is -0.122. The lowest BCUT2D eigenvalue weighted by atomic mass is 10.1. The molecule has 0 bridgehead atoms. The molecule has 2 heterocycles. The number of fused-ring (bicyclic) bond motifs is 2. The highest BCUT2D eigenvalue weighted by Gasteiger charge is 2.45. The first-order valence-corrected chi connectivity index (χ1v) is 11.2. The quantitative estimate of drug-likeness (QED) is 0.728. The van der Waals surface area contributed by atoms with Crippen molar-refractivity contribution >= 4 is 47.3 Å². The molecule has 3 amide bonds. The molecule has 0 aromatic heterocycles. The molecular formula is C23H23N3O3S. The molecule has 0 radical (unpaired) electrons. The molecule has 2 aromatic carbocycles. The molecule has 2 N–H and O–H groups in total. The zero-order valence-electron chi connectivity index (χ0n) is 16.6. The molecule has 7 heteroatoms. The van der Waals surface area contributed by atoms with Crippen molar-refractivity contribution < 1.29 is 14.4 Å². The number of hydrogen-bond donors (Lipinski definition) is 2. The van der Waals surface area contributed by atoms with Crippen molar-refractivity contribution in [3.05, 3.63) is 65.2 Å². The van der Waals surface area contributed by atoms with E-state index in [1.807, 2.05) is 54.8 Å². The Labute approximate surface area is 179 Å². The van der Waals surface area contributed by atoms with Crippen LogP contribution in [0.15, 0.2) is 48.5 Å². The van der Waals surface area contributed by atoms with Crippen LogP contribution in [0.5, 0.6) is 0 Å². The summed E-state index contributed by atoms with van der Waals surface area (Å²) in [5.74, 6) is -0.243. The predicted octanol–water partition coefficient (Wildman–Crippen LogP) is 2.87.